The lowest BCUT2D eigenvalue weighted by Gasteiger charge is -2.08. The molecule has 8 nitrogen and oxygen atoms in total. The average Bonchev–Trinajstić information content (AvgIpc) is 3.10. The summed E-state index contributed by atoms with van der Waals surface area (Å²) in [6, 6.07) is 13.2. The SMILES string of the molecule is C=CC(=O)OCCCCOc1ccc(C(=O)OC2=CC=C(OC(=O)c3ccc(OC)cc3)CC(C)=C2)cc1. The minimum absolute atomic E-state index is 0.310. The Kier molecular flexibility index (Phi) is 10.5. The maximum absolute atomic E-state index is 12.7. The van der Waals surface area contributed by atoms with E-state index >= 15 is 0 Å². The van der Waals surface area contributed by atoms with Gasteiger partial charge in [-0.25, -0.2) is 14.4 Å². The van der Waals surface area contributed by atoms with Gasteiger partial charge in [-0.1, -0.05) is 12.2 Å². The number of rotatable bonds is 12. The molecule has 0 spiro atoms. The number of unbranched alkanes of at least 4 members (excludes halogenated alkanes) is 1. The van der Waals surface area contributed by atoms with Crippen LogP contribution in [0.3, 0.4) is 0 Å². The predicted octanol–water partition coefficient (Wildman–Crippen LogP) is 5.72. The van der Waals surface area contributed by atoms with Gasteiger partial charge < -0.3 is 23.7 Å². The first-order valence-corrected chi connectivity index (χ1v) is 12.1. The molecule has 0 heterocycles. The monoisotopic (exact) mass is 518 g/mol. The summed E-state index contributed by atoms with van der Waals surface area (Å²) < 4.78 is 26.7. The van der Waals surface area contributed by atoms with E-state index in [-0.39, 0.29) is 0 Å². The molecule has 0 radical (unpaired) electrons. The van der Waals surface area contributed by atoms with Crippen LogP contribution in [0, 0.1) is 0 Å². The number of carbonyl (C=O) groups is 3. The minimum atomic E-state index is -0.525. The van der Waals surface area contributed by atoms with Crippen LogP contribution in [0.2, 0.25) is 0 Å². The molecule has 1 aliphatic rings. The van der Waals surface area contributed by atoms with Crippen LogP contribution in [0.25, 0.3) is 0 Å². The lowest BCUT2D eigenvalue weighted by molar-refractivity contribution is -0.137. The van der Waals surface area contributed by atoms with Crippen molar-refractivity contribution in [2.75, 3.05) is 20.3 Å². The summed E-state index contributed by atoms with van der Waals surface area (Å²) in [5, 5.41) is 0. The van der Waals surface area contributed by atoms with Crippen LogP contribution in [-0.2, 0) is 19.0 Å². The van der Waals surface area contributed by atoms with Gasteiger partial charge in [0.25, 0.3) is 0 Å². The van der Waals surface area contributed by atoms with Crippen molar-refractivity contribution in [3.63, 3.8) is 0 Å². The lowest BCUT2D eigenvalue weighted by Crippen LogP contribution is -2.05. The molecule has 0 saturated carbocycles. The Balaban J connectivity index is 1.51. The van der Waals surface area contributed by atoms with Gasteiger partial charge in [-0.15, -0.1) is 0 Å². The fourth-order valence-corrected chi connectivity index (χ4v) is 3.37. The van der Waals surface area contributed by atoms with E-state index in [0.717, 1.165) is 11.6 Å². The minimum Gasteiger partial charge on any atom is -0.497 e. The van der Waals surface area contributed by atoms with Gasteiger partial charge in [0.2, 0.25) is 0 Å². The first kappa shape index (κ1) is 28.0. The number of carbonyl (C=O) groups excluding carboxylic acids is 3. The Hall–Kier alpha value is -4.59. The van der Waals surface area contributed by atoms with Crippen molar-refractivity contribution in [3.8, 4) is 11.5 Å². The Bertz CT molecular complexity index is 1230. The molecule has 1 aliphatic carbocycles. The highest BCUT2D eigenvalue weighted by atomic mass is 16.5. The molecule has 0 unspecified atom stereocenters. The first-order valence-electron chi connectivity index (χ1n) is 12.1. The van der Waals surface area contributed by atoms with Crippen LogP contribution in [0.4, 0.5) is 0 Å². The van der Waals surface area contributed by atoms with Crippen molar-refractivity contribution >= 4 is 17.9 Å². The molecule has 2 aromatic carbocycles. The van der Waals surface area contributed by atoms with Crippen LogP contribution in [0.1, 0.15) is 46.9 Å². The topological polar surface area (TPSA) is 97.4 Å². The van der Waals surface area contributed by atoms with Crippen LogP contribution in [-0.4, -0.2) is 38.2 Å². The number of hydrogen-bond acceptors (Lipinski definition) is 8. The number of hydrogen-bond donors (Lipinski definition) is 0. The fraction of sp³-hybridized carbons (Fsp3) is 0.233. The smallest absolute Gasteiger partial charge is 0.343 e. The summed E-state index contributed by atoms with van der Waals surface area (Å²) in [4.78, 5) is 36.1. The van der Waals surface area contributed by atoms with Gasteiger partial charge in [0.15, 0.2) is 0 Å². The zero-order valence-corrected chi connectivity index (χ0v) is 21.4. The van der Waals surface area contributed by atoms with E-state index in [1.54, 1.807) is 73.9 Å². The third-order valence-electron chi connectivity index (χ3n) is 5.34. The quantitative estimate of drug-likeness (QED) is 0.152. The average molecular weight is 519 g/mol. The summed E-state index contributed by atoms with van der Waals surface area (Å²) in [6.07, 6.45) is 7.83. The third-order valence-corrected chi connectivity index (χ3v) is 5.34. The Labute approximate surface area is 221 Å². The van der Waals surface area contributed by atoms with E-state index in [4.69, 9.17) is 23.7 Å². The second kappa shape index (κ2) is 14.2. The molecule has 0 aliphatic heterocycles. The number of esters is 3. The zero-order chi connectivity index (χ0) is 27.3. The molecule has 8 heteroatoms. The van der Waals surface area contributed by atoms with Gasteiger partial charge in [0, 0.05) is 12.5 Å². The van der Waals surface area contributed by atoms with E-state index in [9.17, 15) is 14.4 Å². The summed E-state index contributed by atoms with van der Waals surface area (Å²) in [6.45, 7) is 5.96. The van der Waals surface area contributed by atoms with Gasteiger partial charge in [-0.2, -0.15) is 0 Å². The van der Waals surface area contributed by atoms with E-state index in [0.29, 0.717) is 66.6 Å². The molecule has 0 bridgehead atoms. The Morgan fingerprint density at radius 1 is 0.842 bits per heavy atom. The summed E-state index contributed by atoms with van der Waals surface area (Å²) in [5.74, 6) is 0.572. The van der Waals surface area contributed by atoms with Crippen LogP contribution < -0.4 is 9.47 Å². The van der Waals surface area contributed by atoms with Crippen molar-refractivity contribution in [1.82, 2.24) is 0 Å². The largest absolute Gasteiger partial charge is 0.497 e. The Morgan fingerprint density at radius 2 is 1.45 bits per heavy atom. The molecule has 2 aromatic rings. The number of ether oxygens (including phenoxy) is 5. The Morgan fingerprint density at radius 3 is 2.08 bits per heavy atom. The van der Waals surface area contributed by atoms with Crippen LogP contribution in [0.15, 0.2) is 96.5 Å². The van der Waals surface area contributed by atoms with Gasteiger partial charge in [0.05, 0.1) is 31.5 Å². The summed E-state index contributed by atoms with van der Waals surface area (Å²) in [7, 11) is 1.55. The van der Waals surface area contributed by atoms with Crippen LogP contribution >= 0.6 is 0 Å². The maximum atomic E-state index is 12.7. The molecule has 0 saturated heterocycles. The van der Waals surface area contributed by atoms with Crippen molar-refractivity contribution in [2.45, 2.75) is 26.2 Å². The molecular formula is C30H30O8. The highest BCUT2D eigenvalue weighted by molar-refractivity contribution is 5.91. The van der Waals surface area contributed by atoms with Gasteiger partial charge >= 0.3 is 17.9 Å². The highest BCUT2D eigenvalue weighted by Gasteiger charge is 2.15. The molecule has 0 aromatic heterocycles. The number of methoxy groups -OCH3 is 1. The van der Waals surface area contributed by atoms with Crippen molar-refractivity contribution < 1.29 is 38.1 Å². The van der Waals surface area contributed by atoms with Gasteiger partial charge in [-0.05, 0) is 86.5 Å². The maximum Gasteiger partial charge on any atom is 0.343 e. The molecule has 198 valence electrons. The molecule has 0 atom stereocenters. The fourth-order valence-electron chi connectivity index (χ4n) is 3.37. The standard InChI is InChI=1S/C30H30O8/c1-4-28(31)36-18-6-5-17-35-25-13-9-23(10-14-25)30(33)38-27-16-15-26(19-21(2)20-27)37-29(32)22-7-11-24(34-3)12-8-22/h4,7-16,20H,1,5-6,17-19H2,2-3H3. The van der Waals surface area contributed by atoms with E-state index < -0.39 is 17.9 Å². The molecular weight excluding hydrogens is 488 g/mol. The molecule has 0 N–H and O–H groups in total. The lowest BCUT2D eigenvalue weighted by atomic mass is 10.2. The van der Waals surface area contributed by atoms with E-state index in [2.05, 4.69) is 6.58 Å². The summed E-state index contributed by atoms with van der Waals surface area (Å²) >= 11 is 0. The van der Waals surface area contributed by atoms with Gasteiger partial charge in [-0.3, -0.25) is 0 Å². The van der Waals surface area contributed by atoms with Crippen molar-refractivity contribution in [1.29, 1.82) is 0 Å². The molecule has 0 amide bonds. The predicted molar refractivity (Wildman–Crippen MR) is 141 cm³/mol. The third kappa shape index (κ3) is 8.81. The second-order valence-electron chi connectivity index (χ2n) is 8.33. The van der Waals surface area contributed by atoms with E-state index in [1.165, 1.54) is 0 Å². The zero-order valence-electron chi connectivity index (χ0n) is 21.4. The van der Waals surface area contributed by atoms with Gasteiger partial charge in [0.1, 0.15) is 23.0 Å². The summed E-state index contributed by atoms with van der Waals surface area (Å²) in [5.41, 5.74) is 1.62. The molecule has 0 fully saturated rings. The first-order chi connectivity index (χ1) is 18.4. The van der Waals surface area contributed by atoms with Crippen molar-refractivity contribution in [2.24, 2.45) is 0 Å². The van der Waals surface area contributed by atoms with Crippen LogP contribution in [0.5, 0.6) is 11.5 Å². The molecule has 3 rings (SSSR count). The number of allylic oxidation sites excluding steroid dienone is 4. The highest BCUT2D eigenvalue weighted by Crippen LogP contribution is 2.22. The molecule has 38 heavy (non-hydrogen) atoms. The normalized spacial score (nSPS) is 12.6. The number of benzene rings is 2. The van der Waals surface area contributed by atoms with E-state index in [1.807, 2.05) is 6.92 Å². The van der Waals surface area contributed by atoms with Crippen molar-refractivity contribution in [3.05, 3.63) is 108 Å². The second-order valence-corrected chi connectivity index (χ2v) is 8.33.